The molecular formula is C10H17F3N2O2. The Kier molecular flexibility index (Phi) is 4.37. The molecule has 7 heteroatoms. The van der Waals surface area contributed by atoms with Crippen molar-refractivity contribution in [3.05, 3.63) is 0 Å². The number of hydrogen-bond acceptors (Lipinski definition) is 3. The van der Waals surface area contributed by atoms with Gasteiger partial charge in [-0.15, -0.1) is 0 Å². The Bertz CT molecular complexity index is 275. The second kappa shape index (κ2) is 5.22. The van der Waals surface area contributed by atoms with E-state index in [1.807, 2.05) is 0 Å². The first-order chi connectivity index (χ1) is 7.73. The van der Waals surface area contributed by atoms with E-state index in [9.17, 15) is 18.0 Å². The summed E-state index contributed by atoms with van der Waals surface area (Å²) in [6.45, 7) is 2.33. The van der Waals surface area contributed by atoms with Crippen molar-refractivity contribution in [2.75, 3.05) is 13.1 Å². The first-order valence-electron chi connectivity index (χ1n) is 5.51. The molecule has 2 unspecified atom stereocenters. The van der Waals surface area contributed by atoms with Crippen molar-refractivity contribution in [2.45, 2.75) is 38.1 Å². The number of rotatable bonds is 3. The number of amides is 1. The van der Waals surface area contributed by atoms with Crippen LogP contribution in [0.5, 0.6) is 0 Å². The lowest BCUT2D eigenvalue weighted by Crippen LogP contribution is -2.49. The monoisotopic (exact) mass is 254 g/mol. The zero-order chi connectivity index (χ0) is 13.2. The molecule has 100 valence electrons. The highest BCUT2D eigenvalue weighted by Crippen LogP contribution is 2.31. The standard InChI is InChI=1S/C10H17F3N2O2/c1-6(9(14)17)15-4-2-7(3-5-15)8(16)10(11,12)13/h6-8,16H,2-5H2,1H3,(H2,14,17). The fourth-order valence-corrected chi connectivity index (χ4v) is 2.07. The van der Waals surface area contributed by atoms with Gasteiger partial charge in [-0.2, -0.15) is 13.2 Å². The molecule has 2 atom stereocenters. The molecule has 0 spiro atoms. The summed E-state index contributed by atoms with van der Waals surface area (Å²) in [5, 5.41) is 9.11. The van der Waals surface area contributed by atoms with Crippen LogP contribution in [0.15, 0.2) is 0 Å². The molecule has 0 aromatic heterocycles. The maximum atomic E-state index is 12.3. The lowest BCUT2D eigenvalue weighted by Gasteiger charge is -2.36. The van der Waals surface area contributed by atoms with Gasteiger partial charge in [0.1, 0.15) is 0 Å². The van der Waals surface area contributed by atoms with Crippen LogP contribution in [-0.4, -0.2) is 47.3 Å². The van der Waals surface area contributed by atoms with Crippen molar-refractivity contribution in [3.8, 4) is 0 Å². The summed E-state index contributed by atoms with van der Waals surface area (Å²) in [7, 11) is 0. The number of halogens is 3. The van der Waals surface area contributed by atoms with E-state index in [2.05, 4.69) is 0 Å². The van der Waals surface area contributed by atoms with Crippen molar-refractivity contribution >= 4 is 5.91 Å². The van der Waals surface area contributed by atoms with E-state index in [1.54, 1.807) is 11.8 Å². The van der Waals surface area contributed by atoms with E-state index in [0.717, 1.165) is 0 Å². The van der Waals surface area contributed by atoms with Crippen LogP contribution in [-0.2, 0) is 4.79 Å². The highest BCUT2D eigenvalue weighted by molar-refractivity contribution is 5.79. The number of hydrogen-bond donors (Lipinski definition) is 2. The van der Waals surface area contributed by atoms with Crippen LogP contribution in [0.25, 0.3) is 0 Å². The van der Waals surface area contributed by atoms with E-state index in [1.165, 1.54) is 0 Å². The molecule has 0 saturated carbocycles. The Balaban J connectivity index is 2.49. The molecule has 1 saturated heterocycles. The summed E-state index contributed by atoms with van der Waals surface area (Å²) in [6.07, 6.45) is -6.40. The average Bonchev–Trinajstić information content (AvgIpc) is 2.26. The zero-order valence-corrected chi connectivity index (χ0v) is 9.57. The Labute approximate surface area is 97.6 Å². The van der Waals surface area contributed by atoms with Crippen molar-refractivity contribution in [1.82, 2.24) is 4.90 Å². The SMILES string of the molecule is CC(C(N)=O)N1CCC(C(O)C(F)(F)F)CC1. The second-order valence-corrected chi connectivity index (χ2v) is 4.44. The number of carbonyl (C=O) groups excluding carboxylic acids is 1. The molecule has 1 rings (SSSR count). The minimum absolute atomic E-state index is 0.221. The van der Waals surface area contributed by atoms with Crippen molar-refractivity contribution in [3.63, 3.8) is 0 Å². The van der Waals surface area contributed by atoms with Gasteiger partial charge in [-0.05, 0) is 38.8 Å². The number of piperidine rings is 1. The minimum atomic E-state index is -4.57. The Morgan fingerprint density at radius 1 is 1.41 bits per heavy atom. The molecule has 4 nitrogen and oxygen atoms in total. The highest BCUT2D eigenvalue weighted by Gasteiger charge is 2.44. The van der Waals surface area contributed by atoms with Gasteiger partial charge >= 0.3 is 6.18 Å². The van der Waals surface area contributed by atoms with Crippen LogP contribution < -0.4 is 5.73 Å². The summed E-state index contributed by atoms with van der Waals surface area (Å²) in [5.74, 6) is -1.27. The molecule has 1 amide bonds. The van der Waals surface area contributed by atoms with Crippen LogP contribution in [0.4, 0.5) is 13.2 Å². The predicted molar refractivity (Wildman–Crippen MR) is 55.0 cm³/mol. The van der Waals surface area contributed by atoms with Gasteiger partial charge in [0, 0.05) is 0 Å². The molecule has 1 fully saturated rings. The topological polar surface area (TPSA) is 66.6 Å². The van der Waals surface area contributed by atoms with Crippen LogP contribution in [0, 0.1) is 5.92 Å². The van der Waals surface area contributed by atoms with E-state index < -0.39 is 30.1 Å². The van der Waals surface area contributed by atoms with Crippen LogP contribution in [0.1, 0.15) is 19.8 Å². The van der Waals surface area contributed by atoms with Gasteiger partial charge in [-0.25, -0.2) is 0 Å². The van der Waals surface area contributed by atoms with Gasteiger partial charge in [0.2, 0.25) is 5.91 Å². The third-order valence-electron chi connectivity index (χ3n) is 3.32. The molecule has 1 aliphatic rings. The van der Waals surface area contributed by atoms with E-state index in [4.69, 9.17) is 10.8 Å². The quantitative estimate of drug-likeness (QED) is 0.770. The predicted octanol–water partition coefficient (Wildman–Crippen LogP) is 0.495. The van der Waals surface area contributed by atoms with E-state index >= 15 is 0 Å². The van der Waals surface area contributed by atoms with E-state index in [0.29, 0.717) is 13.1 Å². The second-order valence-electron chi connectivity index (χ2n) is 4.44. The largest absolute Gasteiger partial charge is 0.414 e. The average molecular weight is 254 g/mol. The number of aliphatic hydroxyl groups is 1. The Morgan fingerprint density at radius 2 is 1.88 bits per heavy atom. The third-order valence-corrected chi connectivity index (χ3v) is 3.32. The van der Waals surface area contributed by atoms with Crippen molar-refractivity contribution < 1.29 is 23.1 Å². The lowest BCUT2D eigenvalue weighted by molar-refractivity contribution is -0.223. The van der Waals surface area contributed by atoms with Crippen LogP contribution in [0.3, 0.4) is 0 Å². The fraction of sp³-hybridized carbons (Fsp3) is 0.900. The maximum Gasteiger partial charge on any atom is 0.414 e. The molecule has 0 aliphatic carbocycles. The van der Waals surface area contributed by atoms with Gasteiger partial charge in [0.15, 0.2) is 6.10 Å². The highest BCUT2D eigenvalue weighted by atomic mass is 19.4. The number of primary amides is 1. The molecule has 17 heavy (non-hydrogen) atoms. The number of carbonyl (C=O) groups is 1. The molecule has 1 heterocycles. The Morgan fingerprint density at radius 3 is 2.24 bits per heavy atom. The number of aliphatic hydroxyl groups excluding tert-OH is 1. The van der Waals surface area contributed by atoms with Crippen molar-refractivity contribution in [2.24, 2.45) is 11.7 Å². The Hall–Kier alpha value is -0.820. The first-order valence-corrected chi connectivity index (χ1v) is 5.51. The summed E-state index contributed by atoms with van der Waals surface area (Å²) in [4.78, 5) is 12.7. The zero-order valence-electron chi connectivity index (χ0n) is 9.57. The maximum absolute atomic E-state index is 12.3. The van der Waals surface area contributed by atoms with Gasteiger partial charge in [-0.1, -0.05) is 0 Å². The summed E-state index contributed by atoms with van der Waals surface area (Å²) in [5.41, 5.74) is 5.12. The summed E-state index contributed by atoms with van der Waals surface area (Å²) >= 11 is 0. The minimum Gasteiger partial charge on any atom is -0.383 e. The summed E-state index contributed by atoms with van der Waals surface area (Å²) < 4.78 is 36.8. The number of likely N-dealkylation sites (tertiary alicyclic amines) is 1. The van der Waals surface area contributed by atoms with E-state index in [-0.39, 0.29) is 12.8 Å². The molecule has 1 aliphatic heterocycles. The molecular weight excluding hydrogens is 237 g/mol. The van der Waals surface area contributed by atoms with Crippen LogP contribution in [0.2, 0.25) is 0 Å². The smallest absolute Gasteiger partial charge is 0.383 e. The normalized spacial score (nSPS) is 23.4. The first kappa shape index (κ1) is 14.2. The molecule has 0 bridgehead atoms. The van der Waals surface area contributed by atoms with Gasteiger partial charge < -0.3 is 10.8 Å². The van der Waals surface area contributed by atoms with Gasteiger partial charge in [0.25, 0.3) is 0 Å². The summed E-state index contributed by atoms with van der Waals surface area (Å²) in [6, 6.07) is -0.473. The number of alkyl halides is 3. The molecule has 3 N–H and O–H groups in total. The molecule has 0 aromatic rings. The lowest BCUT2D eigenvalue weighted by atomic mass is 9.90. The molecule has 0 aromatic carbocycles. The fourth-order valence-electron chi connectivity index (χ4n) is 2.07. The van der Waals surface area contributed by atoms with Crippen molar-refractivity contribution in [1.29, 1.82) is 0 Å². The number of nitrogens with two attached hydrogens (primary N) is 1. The van der Waals surface area contributed by atoms with Gasteiger partial charge in [-0.3, -0.25) is 9.69 Å². The number of nitrogens with zero attached hydrogens (tertiary/aromatic N) is 1. The third kappa shape index (κ3) is 3.57. The van der Waals surface area contributed by atoms with Crippen LogP contribution >= 0.6 is 0 Å². The molecule has 0 radical (unpaired) electrons. The van der Waals surface area contributed by atoms with Gasteiger partial charge in [0.05, 0.1) is 6.04 Å².